The van der Waals surface area contributed by atoms with Crippen LogP contribution in [0.1, 0.15) is 12.5 Å². The lowest BCUT2D eigenvalue weighted by molar-refractivity contribution is 0.575. The maximum absolute atomic E-state index is 6.21. The van der Waals surface area contributed by atoms with Crippen LogP contribution < -0.4 is 10.6 Å². The van der Waals surface area contributed by atoms with E-state index in [2.05, 4.69) is 90.4 Å². The van der Waals surface area contributed by atoms with Gasteiger partial charge in [-0.2, -0.15) is 0 Å². The maximum Gasteiger partial charge on any atom is 0.136 e. The number of hydrogen-bond acceptors (Lipinski definition) is 2. The molecular formula is C30H21NO. The van der Waals surface area contributed by atoms with Crippen LogP contribution in [-0.4, -0.2) is 4.98 Å². The van der Waals surface area contributed by atoms with Gasteiger partial charge in [0.05, 0.1) is 5.52 Å². The molecule has 2 heterocycles. The SMILES string of the molecule is C=C(/C=c1\c(=C/C)oc2cc3cccnc3cc12)c1c2ccccc2cc2ccccc12. The van der Waals surface area contributed by atoms with Gasteiger partial charge in [-0.15, -0.1) is 0 Å². The van der Waals surface area contributed by atoms with Crippen molar-refractivity contribution in [3.63, 3.8) is 0 Å². The van der Waals surface area contributed by atoms with Crippen molar-refractivity contribution in [1.82, 2.24) is 4.98 Å². The van der Waals surface area contributed by atoms with E-state index in [4.69, 9.17) is 4.42 Å². The predicted octanol–water partition coefficient (Wildman–Crippen LogP) is 6.58. The lowest BCUT2D eigenvalue weighted by Gasteiger charge is -2.11. The molecule has 0 aliphatic carbocycles. The van der Waals surface area contributed by atoms with E-state index >= 15 is 0 Å². The van der Waals surface area contributed by atoms with Crippen LogP contribution >= 0.6 is 0 Å². The highest BCUT2D eigenvalue weighted by Crippen LogP contribution is 2.33. The highest BCUT2D eigenvalue weighted by molar-refractivity contribution is 6.13. The van der Waals surface area contributed by atoms with Gasteiger partial charge in [0, 0.05) is 22.2 Å². The van der Waals surface area contributed by atoms with Crippen molar-refractivity contribution in [2.45, 2.75) is 6.92 Å². The summed E-state index contributed by atoms with van der Waals surface area (Å²) in [5, 5.41) is 7.99. The number of nitrogens with zero attached hydrogens (tertiary/aromatic N) is 1. The molecule has 6 rings (SSSR count). The Morgan fingerprint density at radius 3 is 2.22 bits per heavy atom. The van der Waals surface area contributed by atoms with E-state index in [0.29, 0.717) is 0 Å². The Morgan fingerprint density at radius 1 is 0.812 bits per heavy atom. The van der Waals surface area contributed by atoms with Crippen LogP contribution in [0.5, 0.6) is 0 Å². The van der Waals surface area contributed by atoms with Crippen molar-refractivity contribution >= 4 is 61.1 Å². The second kappa shape index (κ2) is 7.21. The van der Waals surface area contributed by atoms with Gasteiger partial charge in [-0.3, -0.25) is 4.98 Å². The number of benzene rings is 4. The fraction of sp³-hybridized carbons (Fsp3) is 0.0333. The number of pyridine rings is 1. The van der Waals surface area contributed by atoms with E-state index in [-0.39, 0.29) is 0 Å². The molecule has 0 unspecified atom stereocenters. The van der Waals surface area contributed by atoms with Crippen LogP contribution in [0, 0.1) is 0 Å². The summed E-state index contributed by atoms with van der Waals surface area (Å²) < 4.78 is 6.21. The van der Waals surface area contributed by atoms with Gasteiger partial charge in [-0.1, -0.05) is 61.2 Å². The highest BCUT2D eigenvalue weighted by Gasteiger charge is 2.11. The molecule has 0 atom stereocenters. The number of hydrogen-bond donors (Lipinski definition) is 0. The van der Waals surface area contributed by atoms with Crippen LogP contribution in [0.3, 0.4) is 0 Å². The zero-order chi connectivity index (χ0) is 21.7. The Balaban J connectivity index is 1.69. The van der Waals surface area contributed by atoms with Crippen molar-refractivity contribution in [2.75, 3.05) is 0 Å². The Kier molecular flexibility index (Phi) is 4.19. The average molecular weight is 412 g/mol. The molecule has 0 saturated heterocycles. The van der Waals surface area contributed by atoms with Gasteiger partial charge in [0.2, 0.25) is 0 Å². The highest BCUT2D eigenvalue weighted by atomic mass is 16.3. The number of aromatic nitrogens is 1. The van der Waals surface area contributed by atoms with E-state index in [0.717, 1.165) is 43.6 Å². The summed E-state index contributed by atoms with van der Waals surface area (Å²) in [5.74, 6) is 0. The van der Waals surface area contributed by atoms with Crippen LogP contribution in [0.25, 0.3) is 61.1 Å². The summed E-state index contributed by atoms with van der Waals surface area (Å²) in [6, 6.07) is 27.4. The summed E-state index contributed by atoms with van der Waals surface area (Å²) in [6.07, 6.45) is 5.99. The number of furan rings is 1. The second-order valence-corrected chi connectivity index (χ2v) is 8.08. The molecule has 0 bridgehead atoms. The van der Waals surface area contributed by atoms with E-state index in [1.807, 2.05) is 25.3 Å². The molecule has 6 aromatic rings. The molecule has 0 N–H and O–H groups in total. The topological polar surface area (TPSA) is 26.0 Å². The predicted molar refractivity (Wildman–Crippen MR) is 136 cm³/mol. The molecule has 2 nitrogen and oxygen atoms in total. The van der Waals surface area contributed by atoms with Crippen LogP contribution in [0.4, 0.5) is 0 Å². The first-order valence-electron chi connectivity index (χ1n) is 10.8. The molecule has 0 aliphatic rings. The van der Waals surface area contributed by atoms with E-state index in [1.165, 1.54) is 21.5 Å². The lowest BCUT2D eigenvalue weighted by atomic mass is 9.92. The van der Waals surface area contributed by atoms with Crippen molar-refractivity contribution in [1.29, 1.82) is 0 Å². The smallest absolute Gasteiger partial charge is 0.136 e. The lowest BCUT2D eigenvalue weighted by Crippen LogP contribution is -2.19. The third-order valence-corrected chi connectivity index (χ3v) is 6.15. The second-order valence-electron chi connectivity index (χ2n) is 8.08. The van der Waals surface area contributed by atoms with Crippen LogP contribution in [0.2, 0.25) is 0 Å². The van der Waals surface area contributed by atoms with Gasteiger partial charge >= 0.3 is 0 Å². The third-order valence-electron chi connectivity index (χ3n) is 6.15. The monoisotopic (exact) mass is 411 g/mol. The van der Waals surface area contributed by atoms with Crippen LogP contribution in [0.15, 0.2) is 96.1 Å². The summed E-state index contributed by atoms with van der Waals surface area (Å²) in [7, 11) is 0. The summed E-state index contributed by atoms with van der Waals surface area (Å²) in [5.41, 5.74) is 4.79. The molecule has 4 aromatic carbocycles. The number of rotatable bonds is 2. The normalized spacial score (nSPS) is 13.0. The molecule has 0 radical (unpaired) electrons. The fourth-order valence-electron chi connectivity index (χ4n) is 4.67. The average Bonchev–Trinajstić information content (AvgIpc) is 3.17. The van der Waals surface area contributed by atoms with Gasteiger partial charge in [-0.25, -0.2) is 0 Å². The Bertz CT molecular complexity index is 1750. The zero-order valence-corrected chi connectivity index (χ0v) is 17.8. The van der Waals surface area contributed by atoms with Gasteiger partial charge in [0.1, 0.15) is 11.0 Å². The van der Waals surface area contributed by atoms with Crippen molar-refractivity contribution in [2.24, 2.45) is 0 Å². The molecule has 0 amide bonds. The molecule has 0 aliphatic heterocycles. The molecule has 0 saturated carbocycles. The van der Waals surface area contributed by atoms with Gasteiger partial charge in [-0.05, 0) is 76.0 Å². The Hall–Kier alpha value is -4.17. The third kappa shape index (κ3) is 2.84. The maximum atomic E-state index is 6.21. The van der Waals surface area contributed by atoms with Gasteiger partial charge in [0.15, 0.2) is 0 Å². The first kappa shape index (κ1) is 18.6. The number of allylic oxidation sites excluding steroid dienone is 1. The van der Waals surface area contributed by atoms with Gasteiger partial charge in [0.25, 0.3) is 0 Å². The Labute approximate surface area is 185 Å². The molecule has 0 fully saturated rings. The largest absolute Gasteiger partial charge is 0.456 e. The quantitative estimate of drug-likeness (QED) is 0.301. The van der Waals surface area contributed by atoms with E-state index in [1.54, 1.807) is 0 Å². The zero-order valence-electron chi connectivity index (χ0n) is 17.8. The number of fused-ring (bicyclic) bond motifs is 4. The molecule has 152 valence electrons. The minimum absolute atomic E-state index is 0.848. The van der Waals surface area contributed by atoms with Crippen LogP contribution in [-0.2, 0) is 0 Å². The van der Waals surface area contributed by atoms with E-state index < -0.39 is 0 Å². The molecule has 0 spiro atoms. The molecular weight excluding hydrogens is 390 g/mol. The summed E-state index contributed by atoms with van der Waals surface area (Å²) in [4.78, 5) is 4.54. The van der Waals surface area contributed by atoms with Crippen molar-refractivity contribution in [3.8, 4) is 0 Å². The summed E-state index contributed by atoms with van der Waals surface area (Å²) >= 11 is 0. The van der Waals surface area contributed by atoms with Crippen molar-refractivity contribution in [3.05, 3.63) is 108 Å². The first-order valence-corrected chi connectivity index (χ1v) is 10.8. The minimum atomic E-state index is 0.848. The van der Waals surface area contributed by atoms with Crippen molar-refractivity contribution < 1.29 is 4.42 Å². The summed E-state index contributed by atoms with van der Waals surface area (Å²) in [6.45, 7) is 6.52. The Morgan fingerprint density at radius 2 is 1.50 bits per heavy atom. The molecule has 32 heavy (non-hydrogen) atoms. The van der Waals surface area contributed by atoms with E-state index in [9.17, 15) is 0 Å². The minimum Gasteiger partial charge on any atom is -0.456 e. The first-order chi connectivity index (χ1) is 15.7. The molecule has 2 aromatic heterocycles. The fourth-order valence-corrected chi connectivity index (χ4v) is 4.67. The van der Waals surface area contributed by atoms with Gasteiger partial charge < -0.3 is 4.42 Å². The standard InChI is InChI=1S/C30H21NO/c1-3-28-25(26-18-27-22(11-8-14-31-27)17-29(26)32-28)15-19(2)30-23-12-6-4-9-20(23)16-21-10-5-7-13-24(21)30/h3-18H,2H2,1H3/b25-15-,28-3+. The molecule has 2 heteroatoms.